The molecule has 1 atom stereocenters. The molecule has 0 unspecified atom stereocenters. The smallest absolute Gasteiger partial charge is 0.320 e. The van der Waals surface area contributed by atoms with Crippen LogP contribution in [0.25, 0.3) is 33.1 Å². The Labute approximate surface area is 270 Å². The van der Waals surface area contributed by atoms with Crippen LogP contribution in [0.4, 0.5) is 14.6 Å². The Morgan fingerprint density at radius 3 is 2.67 bits per heavy atom. The van der Waals surface area contributed by atoms with E-state index in [2.05, 4.69) is 27.5 Å². The molecule has 3 aliphatic rings. The Hall–Kier alpha value is -4.40. The van der Waals surface area contributed by atoms with Crippen molar-refractivity contribution in [1.29, 1.82) is 5.26 Å². The monoisotopic (exact) mass is 643 g/mol. The van der Waals surface area contributed by atoms with Gasteiger partial charge in [-0.25, -0.2) is 13.8 Å². The standard InChI is InChI=1S/C34H32ClF2N7O2/c1-2-27(45)44-17-16-42(19-22(44)10-13-38)32-24-18-26(37)30(23-7-3-6-21-8-9-25(36)29(35)28(21)23)39-31(24)40-33(41-32)46-20-34-11-4-14-43(34)15-5-12-34/h2-3,6-9,18,22H,1,4-5,10-12,14-17,19-20H2/t22-/m0/s1. The summed E-state index contributed by atoms with van der Waals surface area (Å²) in [6, 6.07) is 11.2. The predicted octanol–water partition coefficient (Wildman–Crippen LogP) is 5.90. The van der Waals surface area contributed by atoms with Crippen LogP contribution in [0.15, 0.2) is 49.1 Å². The fraction of sp³-hybridized carbons (Fsp3) is 0.382. The summed E-state index contributed by atoms with van der Waals surface area (Å²) in [7, 11) is 0. The highest BCUT2D eigenvalue weighted by atomic mass is 35.5. The molecule has 236 valence electrons. The quantitative estimate of drug-likeness (QED) is 0.230. The summed E-state index contributed by atoms with van der Waals surface area (Å²) in [5, 5.41) is 10.8. The van der Waals surface area contributed by atoms with Gasteiger partial charge in [-0.1, -0.05) is 42.4 Å². The van der Waals surface area contributed by atoms with E-state index in [-0.39, 0.29) is 46.8 Å². The lowest BCUT2D eigenvalue weighted by molar-refractivity contribution is -0.128. The fourth-order valence-electron chi connectivity index (χ4n) is 7.39. The zero-order valence-corrected chi connectivity index (χ0v) is 25.9. The summed E-state index contributed by atoms with van der Waals surface area (Å²) in [6.07, 6.45) is 5.64. The van der Waals surface area contributed by atoms with E-state index < -0.39 is 17.7 Å². The minimum absolute atomic E-state index is 0.0266. The van der Waals surface area contributed by atoms with Crippen molar-refractivity contribution in [1.82, 2.24) is 24.8 Å². The van der Waals surface area contributed by atoms with Crippen LogP contribution in [0.3, 0.4) is 0 Å². The number of nitriles is 1. The van der Waals surface area contributed by atoms with Crippen molar-refractivity contribution in [2.75, 3.05) is 44.2 Å². The SMILES string of the molecule is C=CC(=O)N1CCN(c2nc(OCC34CCCN3CCC4)nc3nc(-c4cccc5ccc(F)c(Cl)c45)c(F)cc23)C[C@@H]1CC#N. The second-order valence-corrected chi connectivity index (χ2v) is 12.6. The van der Waals surface area contributed by atoms with Crippen LogP contribution in [0.2, 0.25) is 5.02 Å². The average Bonchev–Trinajstić information content (AvgIpc) is 3.65. The molecule has 46 heavy (non-hydrogen) atoms. The molecule has 3 aliphatic heterocycles. The van der Waals surface area contributed by atoms with Crippen LogP contribution < -0.4 is 9.64 Å². The molecule has 0 N–H and O–H groups in total. The Balaban J connectivity index is 1.34. The summed E-state index contributed by atoms with van der Waals surface area (Å²) in [5.41, 5.74) is 0.454. The van der Waals surface area contributed by atoms with Gasteiger partial charge in [-0.15, -0.1) is 0 Å². The molecule has 0 aliphatic carbocycles. The van der Waals surface area contributed by atoms with Gasteiger partial charge in [0.05, 0.1) is 34.5 Å². The van der Waals surface area contributed by atoms with Crippen molar-refractivity contribution >= 4 is 45.1 Å². The number of fused-ring (bicyclic) bond motifs is 3. The molecule has 7 rings (SSSR count). The van der Waals surface area contributed by atoms with E-state index in [1.807, 2.05) is 4.90 Å². The number of piperazine rings is 1. The summed E-state index contributed by atoms with van der Waals surface area (Å²) in [5.74, 6) is -1.12. The third-order valence-electron chi connectivity index (χ3n) is 9.64. The molecule has 4 aromatic rings. The Bertz CT molecular complexity index is 1900. The molecule has 12 heteroatoms. The first-order valence-electron chi connectivity index (χ1n) is 15.5. The molecule has 2 aromatic carbocycles. The first-order valence-corrected chi connectivity index (χ1v) is 15.9. The molecule has 0 bridgehead atoms. The van der Waals surface area contributed by atoms with Crippen LogP contribution in [0.5, 0.6) is 6.01 Å². The number of aromatic nitrogens is 3. The summed E-state index contributed by atoms with van der Waals surface area (Å²) in [4.78, 5) is 32.7. The van der Waals surface area contributed by atoms with Gasteiger partial charge in [-0.05, 0) is 62.4 Å². The molecule has 5 heterocycles. The minimum atomic E-state index is -0.653. The number of benzene rings is 2. The lowest BCUT2D eigenvalue weighted by Crippen LogP contribution is -2.55. The number of pyridine rings is 1. The maximum absolute atomic E-state index is 16.1. The lowest BCUT2D eigenvalue weighted by atomic mass is 9.95. The first-order chi connectivity index (χ1) is 22.3. The number of carbonyl (C=O) groups is 1. The second-order valence-electron chi connectivity index (χ2n) is 12.2. The van der Waals surface area contributed by atoms with Gasteiger partial charge >= 0.3 is 6.01 Å². The van der Waals surface area contributed by atoms with Gasteiger partial charge in [0.2, 0.25) is 5.91 Å². The summed E-state index contributed by atoms with van der Waals surface area (Å²) in [6.45, 7) is 7.10. The topological polar surface area (TPSA) is 98.5 Å². The van der Waals surface area contributed by atoms with Gasteiger partial charge in [-0.3, -0.25) is 9.69 Å². The van der Waals surface area contributed by atoms with Crippen molar-refractivity contribution in [2.45, 2.75) is 43.7 Å². The van der Waals surface area contributed by atoms with Crippen LogP contribution in [-0.4, -0.2) is 81.6 Å². The number of rotatable bonds is 7. The predicted molar refractivity (Wildman–Crippen MR) is 172 cm³/mol. The number of hydrogen-bond donors (Lipinski definition) is 0. The number of anilines is 1. The number of ether oxygens (including phenoxy) is 1. The maximum Gasteiger partial charge on any atom is 0.320 e. The highest BCUT2D eigenvalue weighted by molar-refractivity contribution is 6.36. The third-order valence-corrected chi connectivity index (χ3v) is 10.0. The second kappa shape index (κ2) is 12.1. The van der Waals surface area contributed by atoms with E-state index in [1.165, 1.54) is 18.2 Å². The number of halogens is 3. The van der Waals surface area contributed by atoms with Crippen LogP contribution >= 0.6 is 11.6 Å². The van der Waals surface area contributed by atoms with Crippen LogP contribution in [-0.2, 0) is 4.79 Å². The van der Waals surface area contributed by atoms with Crippen molar-refractivity contribution in [3.05, 3.63) is 65.7 Å². The number of hydrogen-bond acceptors (Lipinski definition) is 8. The summed E-state index contributed by atoms with van der Waals surface area (Å²) >= 11 is 6.40. The number of nitrogens with zero attached hydrogens (tertiary/aromatic N) is 7. The Morgan fingerprint density at radius 2 is 1.91 bits per heavy atom. The average molecular weight is 644 g/mol. The third kappa shape index (κ3) is 5.19. The molecule has 0 radical (unpaired) electrons. The Morgan fingerprint density at radius 1 is 1.11 bits per heavy atom. The van der Waals surface area contributed by atoms with Crippen molar-refractivity contribution in [3.8, 4) is 23.3 Å². The summed E-state index contributed by atoms with van der Waals surface area (Å²) < 4.78 is 37.0. The van der Waals surface area contributed by atoms with E-state index >= 15 is 4.39 Å². The minimum Gasteiger partial charge on any atom is -0.461 e. The van der Waals surface area contributed by atoms with Gasteiger partial charge in [0.25, 0.3) is 0 Å². The van der Waals surface area contributed by atoms with Crippen LogP contribution in [0, 0.1) is 23.0 Å². The molecule has 0 spiro atoms. The molecule has 0 saturated carbocycles. The zero-order valence-electron chi connectivity index (χ0n) is 25.2. The molecule has 3 fully saturated rings. The highest BCUT2D eigenvalue weighted by Crippen LogP contribution is 2.40. The van der Waals surface area contributed by atoms with E-state index in [0.29, 0.717) is 47.2 Å². The van der Waals surface area contributed by atoms with Crippen molar-refractivity contribution in [2.24, 2.45) is 0 Å². The van der Waals surface area contributed by atoms with Gasteiger partial charge in [0.15, 0.2) is 5.65 Å². The Kier molecular flexibility index (Phi) is 7.95. The molecule has 3 saturated heterocycles. The van der Waals surface area contributed by atoms with Gasteiger partial charge in [-0.2, -0.15) is 15.2 Å². The fourth-order valence-corrected chi connectivity index (χ4v) is 7.67. The van der Waals surface area contributed by atoms with E-state index in [0.717, 1.165) is 38.8 Å². The first kappa shape index (κ1) is 30.3. The lowest BCUT2D eigenvalue weighted by Gasteiger charge is -2.41. The number of amides is 1. The molecule has 1 amide bonds. The highest BCUT2D eigenvalue weighted by Gasteiger charge is 2.45. The van der Waals surface area contributed by atoms with Crippen LogP contribution in [0.1, 0.15) is 32.1 Å². The maximum atomic E-state index is 16.1. The van der Waals surface area contributed by atoms with E-state index in [4.69, 9.17) is 21.3 Å². The largest absolute Gasteiger partial charge is 0.461 e. The molecular weight excluding hydrogens is 612 g/mol. The van der Waals surface area contributed by atoms with Crippen molar-refractivity contribution < 1.29 is 18.3 Å². The van der Waals surface area contributed by atoms with Gasteiger partial charge in [0.1, 0.15) is 29.8 Å². The molecule has 9 nitrogen and oxygen atoms in total. The van der Waals surface area contributed by atoms with Gasteiger partial charge in [0, 0.05) is 30.6 Å². The number of carbonyl (C=O) groups excluding carboxylic acids is 1. The van der Waals surface area contributed by atoms with Crippen molar-refractivity contribution in [3.63, 3.8) is 0 Å². The molecule has 2 aromatic heterocycles. The molecular formula is C34H32ClF2N7O2. The zero-order chi connectivity index (χ0) is 32.0. The van der Waals surface area contributed by atoms with Gasteiger partial charge < -0.3 is 14.5 Å². The normalized spacial score (nSPS) is 19.4. The van der Waals surface area contributed by atoms with E-state index in [9.17, 15) is 14.4 Å². The van der Waals surface area contributed by atoms with E-state index in [1.54, 1.807) is 29.2 Å².